The maximum atomic E-state index is 13.2. The minimum Gasteiger partial charge on any atom is -0.304 e. The Balaban J connectivity index is 2.29. The summed E-state index contributed by atoms with van der Waals surface area (Å²) in [4.78, 5) is 21.4. The second kappa shape index (κ2) is 6.72. The van der Waals surface area contributed by atoms with Crippen molar-refractivity contribution in [3.63, 3.8) is 0 Å². The van der Waals surface area contributed by atoms with E-state index in [-0.39, 0.29) is 16.3 Å². The van der Waals surface area contributed by atoms with Gasteiger partial charge in [-0.1, -0.05) is 29.9 Å². The van der Waals surface area contributed by atoms with Gasteiger partial charge in [0.05, 0.1) is 6.20 Å². The van der Waals surface area contributed by atoms with Crippen LogP contribution in [0.15, 0.2) is 18.5 Å². The van der Waals surface area contributed by atoms with E-state index in [1.54, 1.807) is 7.05 Å². The smallest absolute Gasteiger partial charge is 0.228 e. The van der Waals surface area contributed by atoms with Crippen LogP contribution >= 0.6 is 35.6 Å². The first kappa shape index (κ1) is 16.2. The monoisotopic (exact) mass is 345 g/mol. The van der Waals surface area contributed by atoms with E-state index >= 15 is 0 Å². The average Bonchev–Trinajstić information content (AvgIpc) is 2.79. The fraction of sp³-hybridized carbons (Fsp3) is 0.308. The Morgan fingerprint density at radius 1 is 1.57 bits per heavy atom. The molecule has 0 spiro atoms. The van der Waals surface area contributed by atoms with Gasteiger partial charge in [0, 0.05) is 30.5 Å². The molecule has 4 nitrogen and oxygen atoms in total. The lowest BCUT2D eigenvalue weighted by Crippen LogP contribution is -2.27. The molecule has 1 amide bonds. The van der Waals surface area contributed by atoms with Crippen LogP contribution in [0.5, 0.6) is 0 Å². The highest BCUT2D eigenvalue weighted by atomic mass is 35.5. The number of nitrogens with zero attached hydrogens (tertiary/aromatic N) is 3. The van der Waals surface area contributed by atoms with E-state index in [4.69, 9.17) is 11.6 Å². The number of hydrogen-bond donors (Lipinski definition) is 1. The average molecular weight is 346 g/mol. The second-order valence-corrected chi connectivity index (χ2v) is 6.73. The third-order valence-corrected chi connectivity index (χ3v) is 4.41. The van der Waals surface area contributed by atoms with E-state index in [0.717, 1.165) is 6.20 Å². The summed E-state index contributed by atoms with van der Waals surface area (Å²) < 4.78 is 13.2. The van der Waals surface area contributed by atoms with E-state index in [1.807, 2.05) is 6.92 Å². The van der Waals surface area contributed by atoms with E-state index in [2.05, 4.69) is 22.6 Å². The van der Waals surface area contributed by atoms with Crippen LogP contribution in [0.1, 0.15) is 13.3 Å². The first-order chi connectivity index (χ1) is 9.88. The van der Waals surface area contributed by atoms with Crippen molar-refractivity contribution in [2.45, 2.75) is 18.6 Å². The van der Waals surface area contributed by atoms with Gasteiger partial charge in [0.1, 0.15) is 15.8 Å². The van der Waals surface area contributed by atoms with Gasteiger partial charge >= 0.3 is 0 Å². The first-order valence-electron chi connectivity index (χ1n) is 6.10. The molecule has 0 aromatic carbocycles. The number of hydrogen-bond acceptors (Lipinski definition) is 5. The molecule has 2 aromatic heterocycles. The normalized spacial score (nSPS) is 12.2. The molecule has 0 N–H and O–H groups in total. The standard InChI is InChI=1S/C13H13ClFN3OS2/c1-7(20)3-10(19)18(2)13-11(14)17-12(21-13)8-4-9(15)6-16-5-8/h4-7,20H,3H2,1-2H3. The predicted molar refractivity (Wildman–Crippen MR) is 86.8 cm³/mol. The molecule has 8 heteroatoms. The maximum Gasteiger partial charge on any atom is 0.228 e. The number of thiol groups is 1. The van der Waals surface area contributed by atoms with Crippen molar-refractivity contribution in [3.8, 4) is 10.6 Å². The molecule has 0 saturated heterocycles. The zero-order chi connectivity index (χ0) is 15.6. The summed E-state index contributed by atoms with van der Waals surface area (Å²) in [6.45, 7) is 1.84. The van der Waals surface area contributed by atoms with Gasteiger partial charge in [-0.05, 0) is 6.07 Å². The molecule has 1 unspecified atom stereocenters. The Morgan fingerprint density at radius 2 is 2.29 bits per heavy atom. The summed E-state index contributed by atoms with van der Waals surface area (Å²) in [7, 11) is 1.63. The summed E-state index contributed by atoms with van der Waals surface area (Å²) >= 11 is 11.5. The fourth-order valence-electron chi connectivity index (χ4n) is 1.66. The Labute approximate surface area is 136 Å². The number of carbonyl (C=O) groups is 1. The van der Waals surface area contributed by atoms with Crippen LogP contribution in [0.2, 0.25) is 5.15 Å². The largest absolute Gasteiger partial charge is 0.304 e. The van der Waals surface area contributed by atoms with Crippen molar-refractivity contribution >= 4 is 46.5 Å². The molecule has 0 bridgehead atoms. The SMILES string of the molecule is CC(S)CC(=O)N(C)c1sc(-c2cncc(F)c2)nc1Cl. The Morgan fingerprint density at radius 3 is 2.90 bits per heavy atom. The molecular formula is C13H13ClFN3OS2. The van der Waals surface area contributed by atoms with Gasteiger partial charge in [-0.25, -0.2) is 9.37 Å². The molecule has 2 aromatic rings. The summed E-state index contributed by atoms with van der Waals surface area (Å²) in [6.07, 6.45) is 2.91. The van der Waals surface area contributed by atoms with Crippen LogP contribution in [0, 0.1) is 5.82 Å². The summed E-state index contributed by atoms with van der Waals surface area (Å²) in [5.41, 5.74) is 0.525. The van der Waals surface area contributed by atoms with Crippen molar-refractivity contribution < 1.29 is 9.18 Å². The number of aromatic nitrogens is 2. The van der Waals surface area contributed by atoms with Gasteiger partial charge in [-0.15, -0.1) is 0 Å². The molecule has 0 fully saturated rings. The van der Waals surface area contributed by atoms with Crippen molar-refractivity contribution in [1.29, 1.82) is 0 Å². The lowest BCUT2D eigenvalue weighted by Gasteiger charge is -2.15. The molecule has 2 rings (SSSR count). The molecule has 2 heterocycles. The van der Waals surface area contributed by atoms with Crippen molar-refractivity contribution in [3.05, 3.63) is 29.4 Å². The third kappa shape index (κ3) is 3.93. The van der Waals surface area contributed by atoms with Gasteiger partial charge < -0.3 is 4.90 Å². The minimum absolute atomic E-state index is 0.0430. The second-order valence-electron chi connectivity index (χ2n) is 4.51. The summed E-state index contributed by atoms with van der Waals surface area (Å²) in [5.74, 6) is -0.555. The molecule has 0 aliphatic rings. The minimum atomic E-state index is -0.450. The van der Waals surface area contributed by atoms with E-state index in [9.17, 15) is 9.18 Å². The van der Waals surface area contributed by atoms with Crippen LogP contribution in [0.25, 0.3) is 10.6 Å². The van der Waals surface area contributed by atoms with Crippen LogP contribution in [0.3, 0.4) is 0 Å². The van der Waals surface area contributed by atoms with Crippen LogP contribution in [-0.4, -0.2) is 28.2 Å². The Bertz CT molecular complexity index is 663. The molecule has 1 atom stereocenters. The maximum absolute atomic E-state index is 13.2. The highest BCUT2D eigenvalue weighted by Gasteiger charge is 2.20. The van der Waals surface area contributed by atoms with E-state index < -0.39 is 5.82 Å². The highest BCUT2D eigenvalue weighted by Crippen LogP contribution is 2.37. The number of carbonyl (C=O) groups excluding carboxylic acids is 1. The number of rotatable bonds is 4. The molecule has 0 aliphatic heterocycles. The zero-order valence-electron chi connectivity index (χ0n) is 11.4. The van der Waals surface area contributed by atoms with Crippen LogP contribution in [-0.2, 0) is 4.79 Å². The Kier molecular flexibility index (Phi) is 5.18. The first-order valence-corrected chi connectivity index (χ1v) is 7.81. The highest BCUT2D eigenvalue weighted by molar-refractivity contribution is 7.80. The quantitative estimate of drug-likeness (QED) is 0.860. The molecule has 0 radical (unpaired) electrons. The topological polar surface area (TPSA) is 46.1 Å². The van der Waals surface area contributed by atoms with Gasteiger partial charge in [0.25, 0.3) is 0 Å². The van der Waals surface area contributed by atoms with Gasteiger partial charge in [-0.2, -0.15) is 12.6 Å². The molecular weight excluding hydrogens is 333 g/mol. The van der Waals surface area contributed by atoms with Gasteiger partial charge in [0.15, 0.2) is 5.15 Å². The van der Waals surface area contributed by atoms with Crippen molar-refractivity contribution in [2.75, 3.05) is 11.9 Å². The lowest BCUT2D eigenvalue weighted by molar-refractivity contribution is -0.118. The number of pyridine rings is 1. The Hall–Kier alpha value is -1.18. The van der Waals surface area contributed by atoms with Crippen molar-refractivity contribution in [2.24, 2.45) is 0 Å². The van der Waals surface area contributed by atoms with E-state index in [1.165, 1.54) is 28.5 Å². The summed E-state index contributed by atoms with van der Waals surface area (Å²) in [6, 6.07) is 1.32. The van der Waals surface area contributed by atoms with E-state index in [0.29, 0.717) is 22.0 Å². The number of halogens is 2. The third-order valence-electron chi connectivity index (χ3n) is 2.67. The lowest BCUT2D eigenvalue weighted by atomic mass is 10.3. The van der Waals surface area contributed by atoms with Gasteiger partial charge in [0.2, 0.25) is 5.91 Å². The molecule has 112 valence electrons. The van der Waals surface area contributed by atoms with Crippen LogP contribution in [0.4, 0.5) is 9.39 Å². The van der Waals surface area contributed by atoms with Crippen LogP contribution < -0.4 is 4.90 Å². The number of anilines is 1. The summed E-state index contributed by atoms with van der Waals surface area (Å²) in [5, 5.41) is 1.20. The fourth-order valence-corrected chi connectivity index (χ4v) is 3.11. The zero-order valence-corrected chi connectivity index (χ0v) is 13.8. The molecule has 21 heavy (non-hydrogen) atoms. The predicted octanol–water partition coefficient (Wildman–Crippen LogP) is 3.67. The number of thiazole rings is 1. The molecule has 0 saturated carbocycles. The number of amides is 1. The molecule has 0 aliphatic carbocycles. The van der Waals surface area contributed by atoms with Crippen molar-refractivity contribution in [1.82, 2.24) is 9.97 Å². The van der Waals surface area contributed by atoms with Gasteiger partial charge in [-0.3, -0.25) is 9.78 Å².